The van der Waals surface area contributed by atoms with Gasteiger partial charge in [0.05, 0.1) is 0 Å². The van der Waals surface area contributed by atoms with Crippen LogP contribution in [0.2, 0.25) is 0 Å². The van der Waals surface area contributed by atoms with Crippen LogP contribution in [0.3, 0.4) is 0 Å². The molecule has 27 heavy (non-hydrogen) atoms. The van der Waals surface area contributed by atoms with Crippen LogP contribution in [0, 0.1) is 0 Å². The van der Waals surface area contributed by atoms with Gasteiger partial charge in [0.2, 0.25) is 0 Å². The van der Waals surface area contributed by atoms with E-state index in [0.29, 0.717) is 0 Å². The van der Waals surface area contributed by atoms with Crippen molar-refractivity contribution in [2.45, 2.75) is 37.8 Å². The van der Waals surface area contributed by atoms with Crippen LogP contribution in [0.4, 0.5) is 11.4 Å². The summed E-state index contributed by atoms with van der Waals surface area (Å²) in [4.78, 5) is 4.47. The number of hydrogen-bond donors (Lipinski definition) is 0. The van der Waals surface area contributed by atoms with E-state index < -0.39 is 0 Å². The molecule has 0 spiro atoms. The minimum atomic E-state index is -0.246. The van der Waals surface area contributed by atoms with Gasteiger partial charge in [-0.1, -0.05) is 37.5 Å². The molecule has 144 valence electrons. The third kappa shape index (κ3) is 3.43. The van der Waals surface area contributed by atoms with E-state index in [1.807, 2.05) is 0 Å². The third-order valence-corrected chi connectivity index (χ3v) is 8.76. The molecule has 0 amide bonds. The van der Waals surface area contributed by atoms with E-state index in [0.717, 1.165) is 17.8 Å². The summed E-state index contributed by atoms with van der Waals surface area (Å²) in [5.41, 5.74) is 6.11. The Hall–Kier alpha value is -1.73. The highest BCUT2D eigenvalue weighted by Gasteiger charge is 2.35. The second-order valence-corrected chi connectivity index (χ2v) is 10.5. The van der Waals surface area contributed by atoms with Gasteiger partial charge >= 0.3 is 0 Å². The number of nitrogens with zero attached hydrogens (tertiary/aromatic N) is 2. The van der Waals surface area contributed by atoms with Crippen molar-refractivity contribution in [2.24, 2.45) is 0 Å². The Morgan fingerprint density at radius 3 is 2.11 bits per heavy atom. The van der Waals surface area contributed by atoms with Gasteiger partial charge in [-0.3, -0.25) is 0 Å². The van der Waals surface area contributed by atoms with Gasteiger partial charge < -0.3 is 14.5 Å². The molecule has 0 aromatic heterocycles. The fourth-order valence-electron chi connectivity index (χ4n) is 4.57. The molecule has 2 aromatic rings. The summed E-state index contributed by atoms with van der Waals surface area (Å²) in [5, 5.41) is 1.51. The quantitative estimate of drug-likeness (QED) is 0.670. The first-order valence-corrected chi connectivity index (χ1v) is 11.7. The first-order chi connectivity index (χ1) is 13.1. The Balaban J connectivity index is 1.89. The zero-order chi connectivity index (χ0) is 19.0. The molecule has 2 aliphatic rings. The average Bonchev–Trinajstić information content (AvgIpc) is 3.12. The Kier molecular flexibility index (Phi) is 5.32. The van der Waals surface area contributed by atoms with Crippen molar-refractivity contribution in [1.82, 2.24) is 0 Å². The lowest BCUT2D eigenvalue weighted by molar-refractivity contribution is 0.399. The van der Waals surface area contributed by atoms with Crippen LogP contribution < -0.4 is 19.8 Å². The van der Waals surface area contributed by atoms with Gasteiger partial charge in [-0.15, -0.1) is 0 Å². The van der Waals surface area contributed by atoms with Crippen molar-refractivity contribution in [3.63, 3.8) is 0 Å². The molecule has 0 bridgehead atoms. The molecule has 0 unspecified atom stereocenters. The topological polar surface area (TPSA) is 15.7 Å². The maximum Gasteiger partial charge on any atom is 0.128 e. The standard InChI is InChI=1S/C23H31N2OP/c1-24(2)19-13-9-14-20(25(3)4)22(19)18-12-8-15-21-23(18)27(16-26-21)17-10-6-5-7-11-17/h8-9,12-15,17H,5-7,10-11,16H2,1-4H3/t27-/m1/s1. The molecule has 4 rings (SSSR count). The summed E-state index contributed by atoms with van der Waals surface area (Å²) in [5.74, 6) is 1.13. The van der Waals surface area contributed by atoms with Crippen LogP contribution >= 0.6 is 7.92 Å². The Morgan fingerprint density at radius 2 is 1.48 bits per heavy atom. The molecule has 3 nitrogen and oxygen atoms in total. The highest BCUT2D eigenvalue weighted by atomic mass is 31.1. The molecule has 1 aliphatic carbocycles. The summed E-state index contributed by atoms with van der Waals surface area (Å²) in [6.45, 7) is 0. The van der Waals surface area contributed by atoms with Gasteiger partial charge in [0.1, 0.15) is 12.1 Å². The van der Waals surface area contributed by atoms with Gasteiger partial charge in [-0.25, -0.2) is 0 Å². The largest absolute Gasteiger partial charge is 0.488 e. The van der Waals surface area contributed by atoms with Crippen LogP contribution in [-0.2, 0) is 0 Å². The number of fused-ring (bicyclic) bond motifs is 1. The average molecular weight is 382 g/mol. The molecule has 0 saturated heterocycles. The third-order valence-electron chi connectivity index (χ3n) is 5.91. The van der Waals surface area contributed by atoms with Crippen LogP contribution in [0.15, 0.2) is 36.4 Å². The maximum absolute atomic E-state index is 6.23. The second kappa shape index (κ2) is 7.72. The number of benzene rings is 2. The van der Waals surface area contributed by atoms with Crippen molar-refractivity contribution in [3.8, 4) is 16.9 Å². The van der Waals surface area contributed by atoms with Crippen molar-refractivity contribution in [3.05, 3.63) is 36.4 Å². The Labute approximate surface area is 165 Å². The van der Waals surface area contributed by atoms with E-state index in [-0.39, 0.29) is 7.92 Å². The van der Waals surface area contributed by atoms with Gasteiger partial charge in [0.15, 0.2) is 0 Å². The van der Waals surface area contributed by atoms with Crippen molar-refractivity contribution in [1.29, 1.82) is 0 Å². The zero-order valence-electron chi connectivity index (χ0n) is 17.0. The Bertz CT molecular complexity index is 786. The highest BCUT2D eigenvalue weighted by molar-refractivity contribution is 7.67. The zero-order valence-corrected chi connectivity index (χ0v) is 17.9. The van der Waals surface area contributed by atoms with Crippen molar-refractivity contribution in [2.75, 3.05) is 44.3 Å². The van der Waals surface area contributed by atoms with Crippen LogP contribution in [0.5, 0.6) is 5.75 Å². The number of anilines is 2. The smallest absolute Gasteiger partial charge is 0.128 e. The summed E-state index contributed by atoms with van der Waals surface area (Å²) in [7, 11) is 8.32. The van der Waals surface area contributed by atoms with Gasteiger partial charge in [-0.2, -0.15) is 0 Å². The minimum Gasteiger partial charge on any atom is -0.488 e. The van der Waals surface area contributed by atoms with Gasteiger partial charge in [0, 0.05) is 50.4 Å². The molecule has 2 aromatic carbocycles. The normalized spacial score (nSPS) is 19.5. The van der Waals surface area contributed by atoms with E-state index in [4.69, 9.17) is 4.74 Å². The van der Waals surface area contributed by atoms with E-state index in [1.165, 1.54) is 59.9 Å². The van der Waals surface area contributed by atoms with Gasteiger partial charge in [0.25, 0.3) is 0 Å². The molecule has 1 atom stereocenters. The first kappa shape index (κ1) is 18.6. The van der Waals surface area contributed by atoms with E-state index in [2.05, 4.69) is 74.4 Å². The predicted octanol–water partition coefficient (Wildman–Crippen LogP) is 5.28. The van der Waals surface area contributed by atoms with E-state index in [1.54, 1.807) is 0 Å². The van der Waals surface area contributed by atoms with Crippen LogP contribution in [0.25, 0.3) is 11.1 Å². The van der Waals surface area contributed by atoms with Crippen LogP contribution in [0.1, 0.15) is 32.1 Å². The van der Waals surface area contributed by atoms with Crippen LogP contribution in [-0.4, -0.2) is 40.2 Å². The molecule has 1 heterocycles. The fraction of sp³-hybridized carbons (Fsp3) is 0.478. The lowest BCUT2D eigenvalue weighted by Crippen LogP contribution is -2.19. The fourth-order valence-corrected chi connectivity index (χ4v) is 7.46. The monoisotopic (exact) mass is 382 g/mol. The second-order valence-electron chi connectivity index (χ2n) is 8.15. The molecular weight excluding hydrogens is 351 g/mol. The first-order valence-electron chi connectivity index (χ1n) is 10.1. The van der Waals surface area contributed by atoms with Crippen molar-refractivity contribution < 1.29 is 4.74 Å². The van der Waals surface area contributed by atoms with Crippen molar-refractivity contribution >= 4 is 24.6 Å². The molecule has 4 heteroatoms. The molecular formula is C23H31N2OP. The SMILES string of the molecule is CN(C)c1cccc(N(C)C)c1-c1cccc2c1[P@@](C1CCCCC1)CO2. The summed E-state index contributed by atoms with van der Waals surface area (Å²) in [6.07, 6.45) is 7.84. The minimum absolute atomic E-state index is 0.246. The van der Waals surface area contributed by atoms with Gasteiger partial charge in [-0.05, 0) is 50.2 Å². The molecule has 1 fully saturated rings. The number of ether oxygens (including phenoxy) is 1. The molecule has 1 aliphatic heterocycles. The molecule has 0 N–H and O–H groups in total. The van der Waals surface area contributed by atoms with E-state index in [9.17, 15) is 0 Å². The summed E-state index contributed by atoms with van der Waals surface area (Å²) >= 11 is 0. The highest BCUT2D eigenvalue weighted by Crippen LogP contribution is 2.55. The maximum atomic E-state index is 6.23. The summed E-state index contributed by atoms with van der Waals surface area (Å²) in [6, 6.07) is 13.3. The predicted molar refractivity (Wildman–Crippen MR) is 119 cm³/mol. The summed E-state index contributed by atoms with van der Waals surface area (Å²) < 4.78 is 6.23. The Morgan fingerprint density at radius 1 is 0.852 bits per heavy atom. The lowest BCUT2D eigenvalue weighted by atomic mass is 9.99. The van der Waals surface area contributed by atoms with E-state index >= 15 is 0 Å². The number of hydrogen-bond acceptors (Lipinski definition) is 3. The lowest BCUT2D eigenvalue weighted by Gasteiger charge is -2.30. The molecule has 0 radical (unpaired) electrons. The number of rotatable bonds is 4. The molecule has 1 saturated carbocycles.